The van der Waals surface area contributed by atoms with E-state index >= 15 is 0 Å². The van der Waals surface area contributed by atoms with Gasteiger partial charge in [-0.3, -0.25) is 14.6 Å². The minimum absolute atomic E-state index is 0.0558. The van der Waals surface area contributed by atoms with Crippen molar-refractivity contribution in [3.63, 3.8) is 0 Å². The second-order valence-corrected chi connectivity index (χ2v) is 11.7. The number of likely N-dealkylation sites (N-methyl/N-ethyl adjacent to an activating group) is 1. The molecule has 0 unspecified atom stereocenters. The van der Waals surface area contributed by atoms with E-state index in [9.17, 15) is 19.5 Å². The number of aliphatic hydroxyl groups is 1. The summed E-state index contributed by atoms with van der Waals surface area (Å²) in [6, 6.07) is 7.45. The van der Waals surface area contributed by atoms with Crippen LogP contribution in [0.3, 0.4) is 0 Å². The van der Waals surface area contributed by atoms with Crippen molar-refractivity contribution in [1.29, 1.82) is 0 Å². The van der Waals surface area contributed by atoms with Crippen LogP contribution in [0.2, 0.25) is 0 Å². The summed E-state index contributed by atoms with van der Waals surface area (Å²) in [4.78, 5) is 46.9. The van der Waals surface area contributed by atoms with Crippen molar-refractivity contribution in [2.24, 2.45) is 5.92 Å². The molecule has 4 atom stereocenters. The van der Waals surface area contributed by atoms with Crippen molar-refractivity contribution >= 4 is 23.5 Å². The largest absolute Gasteiger partial charge is 0.490 e. The lowest BCUT2D eigenvalue weighted by Crippen LogP contribution is -2.48. The predicted molar refractivity (Wildman–Crippen MR) is 165 cm³/mol. The average molecular weight is 598 g/mol. The van der Waals surface area contributed by atoms with Crippen LogP contribution in [0.1, 0.15) is 74.6 Å². The molecule has 2 heterocycles. The van der Waals surface area contributed by atoms with Crippen LogP contribution in [0.15, 0.2) is 42.7 Å². The Kier molecular flexibility index (Phi) is 12.8. The number of nitrogens with zero attached hydrogens (tertiary/aromatic N) is 3. The number of benzene rings is 1. The topological polar surface area (TPSA) is 133 Å². The third-order valence-electron chi connectivity index (χ3n) is 7.46. The molecule has 11 nitrogen and oxygen atoms in total. The van der Waals surface area contributed by atoms with Gasteiger partial charge >= 0.3 is 6.03 Å². The fourth-order valence-corrected chi connectivity index (χ4v) is 4.96. The number of carbonyl (C=O) groups is 3. The summed E-state index contributed by atoms with van der Waals surface area (Å²) in [7, 11) is 1.74. The highest BCUT2D eigenvalue weighted by molar-refractivity contribution is 5.99. The summed E-state index contributed by atoms with van der Waals surface area (Å²) in [5.41, 5.74) is 1.28. The van der Waals surface area contributed by atoms with Gasteiger partial charge in [-0.2, -0.15) is 0 Å². The normalized spacial score (nSPS) is 20.8. The van der Waals surface area contributed by atoms with E-state index in [1.54, 1.807) is 66.5 Å². The summed E-state index contributed by atoms with van der Waals surface area (Å²) >= 11 is 0. The molecule has 0 fully saturated rings. The molecule has 1 aromatic heterocycles. The Labute approximate surface area is 254 Å². The third kappa shape index (κ3) is 9.93. The molecule has 11 heteroatoms. The van der Waals surface area contributed by atoms with Crippen LogP contribution in [-0.2, 0) is 4.74 Å². The fourth-order valence-electron chi connectivity index (χ4n) is 4.96. The summed E-state index contributed by atoms with van der Waals surface area (Å²) in [6.07, 6.45) is 5.07. The number of amides is 4. The van der Waals surface area contributed by atoms with Gasteiger partial charge in [-0.05, 0) is 77.3 Å². The lowest BCUT2D eigenvalue weighted by molar-refractivity contribution is -0.0149. The van der Waals surface area contributed by atoms with Gasteiger partial charge in [0, 0.05) is 62.3 Å². The maximum atomic E-state index is 14.2. The molecule has 1 aromatic carbocycles. The molecule has 236 valence electrons. The molecule has 0 radical (unpaired) electrons. The first kappa shape index (κ1) is 33.8. The molecule has 3 N–H and O–H groups in total. The van der Waals surface area contributed by atoms with Gasteiger partial charge < -0.3 is 35.0 Å². The highest BCUT2D eigenvalue weighted by atomic mass is 16.5. The first-order valence-corrected chi connectivity index (χ1v) is 15.1. The lowest BCUT2D eigenvalue weighted by atomic mass is 10.0. The number of aliphatic hydroxyl groups excluding tert-OH is 1. The zero-order valence-corrected chi connectivity index (χ0v) is 26.2. The van der Waals surface area contributed by atoms with Gasteiger partial charge in [0.15, 0.2) is 0 Å². The van der Waals surface area contributed by atoms with E-state index in [2.05, 4.69) is 15.6 Å². The zero-order valence-electron chi connectivity index (χ0n) is 26.2. The number of nitrogens with one attached hydrogen (secondary N) is 2. The first-order chi connectivity index (χ1) is 20.5. The maximum Gasteiger partial charge on any atom is 0.319 e. The van der Waals surface area contributed by atoms with Crippen molar-refractivity contribution in [2.45, 2.75) is 78.2 Å². The Bertz CT molecular complexity index is 1210. The van der Waals surface area contributed by atoms with Crippen LogP contribution >= 0.6 is 0 Å². The smallest absolute Gasteiger partial charge is 0.319 e. The fraction of sp³-hybridized carbons (Fsp3) is 0.562. The number of hydrogen-bond donors (Lipinski definition) is 3. The highest BCUT2D eigenvalue weighted by Gasteiger charge is 2.31. The molecule has 2 aromatic rings. The minimum atomic E-state index is -0.509. The molecular formula is C32H47N5O6. The monoisotopic (exact) mass is 597 g/mol. The average Bonchev–Trinajstić information content (AvgIpc) is 2.98. The third-order valence-corrected chi connectivity index (χ3v) is 7.46. The van der Waals surface area contributed by atoms with E-state index in [0.717, 1.165) is 19.3 Å². The van der Waals surface area contributed by atoms with Crippen LogP contribution in [-0.4, -0.2) is 95.4 Å². The van der Waals surface area contributed by atoms with Gasteiger partial charge in [0.2, 0.25) is 0 Å². The number of urea groups is 1. The van der Waals surface area contributed by atoms with Crippen molar-refractivity contribution < 1.29 is 29.0 Å². The van der Waals surface area contributed by atoms with Crippen LogP contribution in [0.25, 0.3) is 0 Å². The lowest BCUT2D eigenvalue weighted by Gasteiger charge is -2.36. The van der Waals surface area contributed by atoms with Crippen molar-refractivity contribution in [3.8, 4) is 5.75 Å². The van der Waals surface area contributed by atoms with Crippen LogP contribution in [0.5, 0.6) is 5.75 Å². The number of anilines is 1. The molecule has 0 saturated carbocycles. The molecule has 1 aliphatic rings. The number of pyridine rings is 1. The standard InChI is InChI=1S/C32H47N5O6/c1-21(2)34-32(41)35-26-10-11-28-27(17-26)31(40)37(23(4)20-38)18-22(3)29(42-16-8-7-9-24(5)43-28)19-36(6)30(39)25-12-14-33-15-13-25/h10-15,17,21-24,29,38H,7-9,16,18-20H2,1-6H3,(H2,34,35,41)/t22-,23+,24+,29+/m0/s1. The summed E-state index contributed by atoms with van der Waals surface area (Å²) in [6.45, 7) is 10.3. The Morgan fingerprint density at radius 1 is 1.14 bits per heavy atom. The van der Waals surface area contributed by atoms with Crippen LogP contribution < -0.4 is 15.4 Å². The molecule has 4 amide bonds. The molecule has 0 spiro atoms. The number of rotatable bonds is 7. The second kappa shape index (κ2) is 16.2. The Morgan fingerprint density at radius 3 is 2.53 bits per heavy atom. The summed E-state index contributed by atoms with van der Waals surface area (Å²) in [5, 5.41) is 15.7. The highest BCUT2D eigenvalue weighted by Crippen LogP contribution is 2.28. The van der Waals surface area contributed by atoms with E-state index in [0.29, 0.717) is 35.7 Å². The van der Waals surface area contributed by atoms with E-state index in [4.69, 9.17) is 9.47 Å². The zero-order chi connectivity index (χ0) is 31.5. The second-order valence-electron chi connectivity index (χ2n) is 11.7. The molecular weight excluding hydrogens is 550 g/mol. The van der Waals surface area contributed by atoms with Gasteiger partial charge in [-0.25, -0.2) is 4.79 Å². The predicted octanol–water partition coefficient (Wildman–Crippen LogP) is 4.18. The Hall–Kier alpha value is -3.70. The molecule has 0 saturated heterocycles. The molecule has 3 rings (SSSR count). The minimum Gasteiger partial charge on any atom is -0.490 e. The maximum absolute atomic E-state index is 14.2. The van der Waals surface area contributed by atoms with E-state index < -0.39 is 6.04 Å². The summed E-state index contributed by atoms with van der Waals surface area (Å²) in [5.74, 6) is -0.242. The first-order valence-electron chi connectivity index (χ1n) is 15.1. The van der Waals surface area contributed by atoms with Crippen LogP contribution in [0, 0.1) is 5.92 Å². The number of carbonyl (C=O) groups excluding carboxylic acids is 3. The van der Waals surface area contributed by atoms with E-state index in [1.807, 2.05) is 27.7 Å². The van der Waals surface area contributed by atoms with Gasteiger partial charge in [0.25, 0.3) is 11.8 Å². The number of aromatic nitrogens is 1. The number of ether oxygens (including phenoxy) is 2. The number of hydrogen-bond acceptors (Lipinski definition) is 7. The summed E-state index contributed by atoms with van der Waals surface area (Å²) < 4.78 is 12.6. The number of fused-ring (bicyclic) bond motifs is 1. The van der Waals surface area contributed by atoms with Gasteiger partial charge in [0.1, 0.15) is 5.75 Å². The molecule has 43 heavy (non-hydrogen) atoms. The van der Waals surface area contributed by atoms with E-state index in [1.165, 1.54) is 0 Å². The van der Waals surface area contributed by atoms with Gasteiger partial charge in [-0.15, -0.1) is 0 Å². The molecule has 0 aliphatic carbocycles. The van der Waals surface area contributed by atoms with E-state index in [-0.39, 0.29) is 55.2 Å². The molecule has 1 aliphatic heterocycles. The van der Waals surface area contributed by atoms with Crippen molar-refractivity contribution in [3.05, 3.63) is 53.9 Å². The Balaban J connectivity index is 1.93. The van der Waals surface area contributed by atoms with Gasteiger partial charge in [0.05, 0.1) is 30.4 Å². The van der Waals surface area contributed by atoms with Crippen molar-refractivity contribution in [2.75, 3.05) is 38.7 Å². The quantitative estimate of drug-likeness (QED) is 0.436. The Morgan fingerprint density at radius 2 is 1.86 bits per heavy atom. The molecule has 0 bridgehead atoms. The SMILES string of the molecule is CC(C)NC(=O)Nc1ccc2c(c1)C(=O)N([C@H](C)CO)C[C@H](C)[C@@H](CN(C)C(=O)c1ccncc1)OCCCC[C@@H](C)O2. The van der Waals surface area contributed by atoms with Gasteiger partial charge in [-0.1, -0.05) is 6.92 Å². The van der Waals surface area contributed by atoms with Crippen molar-refractivity contribution in [1.82, 2.24) is 20.1 Å². The van der Waals surface area contributed by atoms with Crippen LogP contribution in [0.4, 0.5) is 10.5 Å².